The van der Waals surface area contributed by atoms with Crippen molar-refractivity contribution in [3.63, 3.8) is 0 Å². The Balaban J connectivity index is 1.36. The molecular formula is C60H60BN3O. The number of aromatic nitrogens is 1. The Morgan fingerprint density at radius 1 is 0.538 bits per heavy atom. The third kappa shape index (κ3) is 6.40. The third-order valence-corrected chi connectivity index (χ3v) is 13.2. The van der Waals surface area contributed by atoms with Gasteiger partial charge in [0.25, 0.3) is 0 Å². The Kier molecular flexibility index (Phi) is 5.99. The first-order valence-electron chi connectivity index (χ1n) is 29.7. The van der Waals surface area contributed by atoms with Crippen LogP contribution in [0.1, 0.15) is 126 Å². The fourth-order valence-electron chi connectivity index (χ4n) is 9.77. The SMILES string of the molecule is [2H]c1c([2H])c([2H])c(N2B3c4c(cc(C(C)(C)C)cc4-n4c5ccc(N(c6c([2H])c([2H])c([2H])c([2H])c6[2H])c6c([2H])c([2H])c([2H])c([2H])c6[2H])cc5c5cc(C(C)(C)C)cc3c54)-c3c2oc2c(C(C)(C)C)cc(C(C)(C)C)cc32)c([2H])c1[2H]. The minimum absolute atomic E-state index is 0.0693. The van der Waals surface area contributed by atoms with Gasteiger partial charge in [-0.1, -0.05) is 156 Å². The highest BCUT2D eigenvalue weighted by Crippen LogP contribution is 2.52. The van der Waals surface area contributed by atoms with Gasteiger partial charge in [-0.25, -0.2) is 0 Å². The summed E-state index contributed by atoms with van der Waals surface area (Å²) < 4.78 is 145. The Morgan fingerprint density at radius 2 is 1.09 bits per heavy atom. The lowest BCUT2D eigenvalue weighted by atomic mass is 9.44. The van der Waals surface area contributed by atoms with Crippen LogP contribution in [0.15, 0.2) is 150 Å². The maximum absolute atomic E-state index is 9.72. The van der Waals surface area contributed by atoms with Crippen LogP contribution in [0.2, 0.25) is 0 Å². The second-order valence-corrected chi connectivity index (χ2v) is 21.7. The summed E-state index contributed by atoms with van der Waals surface area (Å²) in [5.74, 6) is 0.318. The lowest BCUT2D eigenvalue weighted by Crippen LogP contribution is -2.60. The predicted molar refractivity (Wildman–Crippen MR) is 279 cm³/mol. The Hall–Kier alpha value is -6.46. The molecule has 2 aliphatic heterocycles. The van der Waals surface area contributed by atoms with Gasteiger partial charge < -0.3 is 18.7 Å². The molecule has 0 unspecified atom stereocenters. The second-order valence-electron chi connectivity index (χ2n) is 21.7. The van der Waals surface area contributed by atoms with Crippen LogP contribution in [-0.2, 0) is 21.7 Å². The number of rotatable bonds is 4. The molecule has 11 rings (SSSR count). The molecule has 4 nitrogen and oxygen atoms in total. The molecule has 0 atom stereocenters. The predicted octanol–water partition coefficient (Wildman–Crippen LogP) is 15.4. The van der Waals surface area contributed by atoms with E-state index >= 15 is 0 Å². The molecule has 2 aromatic heterocycles. The van der Waals surface area contributed by atoms with E-state index in [4.69, 9.17) is 16.8 Å². The Morgan fingerprint density at radius 3 is 1.68 bits per heavy atom. The van der Waals surface area contributed by atoms with Crippen LogP contribution >= 0.6 is 0 Å². The van der Waals surface area contributed by atoms with Gasteiger partial charge in [0, 0.05) is 50.2 Å². The van der Waals surface area contributed by atoms with E-state index in [0.717, 1.165) is 49.8 Å². The highest BCUT2D eigenvalue weighted by atomic mass is 16.4. The molecule has 5 heteroatoms. The van der Waals surface area contributed by atoms with Gasteiger partial charge in [-0.2, -0.15) is 0 Å². The van der Waals surface area contributed by atoms with Crippen LogP contribution in [0, 0.1) is 0 Å². The lowest BCUT2D eigenvalue weighted by Gasteiger charge is -2.41. The number of hydrogen-bond donors (Lipinski definition) is 0. The third-order valence-electron chi connectivity index (χ3n) is 13.2. The van der Waals surface area contributed by atoms with Crippen LogP contribution < -0.4 is 20.6 Å². The monoisotopic (exact) mass is 865 g/mol. The van der Waals surface area contributed by atoms with Crippen LogP contribution in [0.4, 0.5) is 28.6 Å². The van der Waals surface area contributed by atoms with Crippen LogP contribution in [0.5, 0.6) is 0 Å². The number of furan rings is 1. The van der Waals surface area contributed by atoms with Gasteiger partial charge in [0.1, 0.15) is 5.58 Å². The normalized spacial score (nSPS) is 17.0. The molecular weight excluding hydrogens is 789 g/mol. The second kappa shape index (κ2) is 14.0. The number of benzene rings is 7. The molecule has 7 aromatic carbocycles. The van der Waals surface area contributed by atoms with Crippen molar-refractivity contribution >= 4 is 79.2 Å². The van der Waals surface area contributed by atoms with Gasteiger partial charge in [-0.15, -0.1) is 0 Å². The van der Waals surface area contributed by atoms with E-state index in [2.05, 4.69) is 124 Å². The molecule has 0 aliphatic carbocycles. The van der Waals surface area contributed by atoms with Gasteiger partial charge in [0.15, 0.2) is 5.88 Å². The molecule has 0 radical (unpaired) electrons. The lowest BCUT2D eigenvalue weighted by molar-refractivity contribution is 0.552. The van der Waals surface area contributed by atoms with Crippen molar-refractivity contribution in [2.75, 3.05) is 9.71 Å². The van der Waals surface area contributed by atoms with Crippen LogP contribution in [0.3, 0.4) is 0 Å². The molecule has 2 aliphatic rings. The molecule has 65 heavy (non-hydrogen) atoms. The standard InChI is InChI=1S/C60H60BN3O/c1-57(2,3)37-32-47-52-46-31-39(59(7,8)9)35-51-53(46)61(64(42-26-20-15-21-27-42)56(52)65-55(47)48(33-37)60(10,11)12)49-34-38(58(4,5)6)30-45-44-36-43(28-29-50(44)63(51)54(45)49)62(40-22-16-13-17-23-40)41-24-18-14-19-25-41/h13-36H,1-12H3/i13D,14D,15D,16D,17D,18D,19D,20D,21D,22D,23D,24D,25D,26D,27D. The minimum Gasteiger partial charge on any atom is -0.440 e. The first-order chi connectivity index (χ1) is 37.0. The first-order valence-corrected chi connectivity index (χ1v) is 22.2. The van der Waals surface area contributed by atoms with Gasteiger partial charge in [-0.05, 0) is 127 Å². The summed E-state index contributed by atoms with van der Waals surface area (Å²) in [6.45, 7) is 24.6. The molecule has 0 saturated heterocycles. The molecule has 4 heterocycles. The average Bonchev–Trinajstić information content (AvgIpc) is 4.14. The quantitative estimate of drug-likeness (QED) is 0.165. The zero-order valence-electron chi connectivity index (χ0n) is 54.0. The van der Waals surface area contributed by atoms with Crippen molar-refractivity contribution in [3.05, 3.63) is 167 Å². The fraction of sp³-hybridized carbons (Fsp3) is 0.267. The van der Waals surface area contributed by atoms with Gasteiger partial charge in [0.05, 0.1) is 37.2 Å². The smallest absolute Gasteiger partial charge is 0.336 e. The summed E-state index contributed by atoms with van der Waals surface area (Å²) in [5, 5.41) is 2.11. The summed E-state index contributed by atoms with van der Waals surface area (Å²) in [7, 11) is 0. The van der Waals surface area contributed by atoms with Crippen molar-refractivity contribution in [1.82, 2.24) is 4.57 Å². The first kappa shape index (κ1) is 27.8. The maximum atomic E-state index is 9.72. The maximum Gasteiger partial charge on any atom is 0.336 e. The number of para-hydroxylation sites is 3. The van der Waals surface area contributed by atoms with Crippen molar-refractivity contribution in [1.29, 1.82) is 0 Å². The minimum atomic E-state index is -0.888. The van der Waals surface area contributed by atoms with Crippen LogP contribution in [0.25, 0.3) is 49.6 Å². The molecule has 0 amide bonds. The van der Waals surface area contributed by atoms with E-state index in [1.54, 1.807) is 12.1 Å². The van der Waals surface area contributed by atoms with Crippen molar-refractivity contribution in [3.8, 4) is 16.8 Å². The van der Waals surface area contributed by atoms with Crippen molar-refractivity contribution in [2.45, 2.75) is 105 Å². The van der Waals surface area contributed by atoms with E-state index in [0.29, 0.717) is 38.8 Å². The highest BCUT2D eigenvalue weighted by molar-refractivity contribution is 6.93. The Bertz CT molecular complexity index is 4110. The summed E-state index contributed by atoms with van der Waals surface area (Å²) in [6, 6.07) is 9.11. The summed E-state index contributed by atoms with van der Waals surface area (Å²) in [6.07, 6.45) is 0. The topological polar surface area (TPSA) is 24.6 Å². The van der Waals surface area contributed by atoms with Crippen molar-refractivity contribution < 1.29 is 25.0 Å². The molecule has 0 spiro atoms. The highest BCUT2D eigenvalue weighted by Gasteiger charge is 2.47. The molecule has 0 N–H and O–H groups in total. The number of anilines is 5. The zero-order valence-corrected chi connectivity index (χ0v) is 39.0. The zero-order chi connectivity index (χ0) is 58.6. The average molecular weight is 865 g/mol. The van der Waals surface area contributed by atoms with Crippen molar-refractivity contribution in [2.24, 2.45) is 0 Å². The van der Waals surface area contributed by atoms with E-state index in [1.807, 2.05) is 10.9 Å². The molecule has 0 fully saturated rings. The van der Waals surface area contributed by atoms with E-state index in [9.17, 15) is 8.22 Å². The summed E-state index contributed by atoms with van der Waals surface area (Å²) in [5.41, 5.74) is 7.16. The summed E-state index contributed by atoms with van der Waals surface area (Å²) >= 11 is 0. The number of hydrogen-bond acceptors (Lipinski definition) is 3. The van der Waals surface area contributed by atoms with Gasteiger partial charge in [0.2, 0.25) is 0 Å². The van der Waals surface area contributed by atoms with Gasteiger partial charge in [-0.3, -0.25) is 0 Å². The number of nitrogens with zero attached hydrogens (tertiary/aromatic N) is 3. The van der Waals surface area contributed by atoms with Crippen LogP contribution in [-0.4, -0.2) is 11.4 Å². The fourth-order valence-corrected chi connectivity index (χ4v) is 9.77. The molecule has 0 saturated carbocycles. The summed E-state index contributed by atoms with van der Waals surface area (Å²) in [4.78, 5) is 2.98. The Labute approximate surface area is 406 Å². The van der Waals surface area contributed by atoms with E-state index in [-0.39, 0.29) is 16.8 Å². The number of fused-ring (bicyclic) bond motifs is 9. The van der Waals surface area contributed by atoms with Gasteiger partial charge >= 0.3 is 6.85 Å². The van der Waals surface area contributed by atoms with E-state index in [1.165, 1.54) is 4.90 Å². The molecule has 9 aromatic rings. The molecule has 0 bridgehead atoms. The molecule has 324 valence electrons. The largest absolute Gasteiger partial charge is 0.440 e. The van der Waals surface area contributed by atoms with E-state index < -0.39 is 125 Å².